The van der Waals surface area contributed by atoms with Crippen molar-refractivity contribution in [3.05, 3.63) is 42.1 Å². The van der Waals surface area contributed by atoms with Gasteiger partial charge in [-0.15, -0.1) is 0 Å². The molecule has 1 amide bonds. The van der Waals surface area contributed by atoms with E-state index in [-0.39, 0.29) is 17.4 Å². The fourth-order valence-electron chi connectivity index (χ4n) is 4.19. The molecule has 0 atom stereocenters. The van der Waals surface area contributed by atoms with Crippen LogP contribution in [0.15, 0.2) is 35.7 Å². The van der Waals surface area contributed by atoms with Crippen LogP contribution in [0.5, 0.6) is 0 Å². The Morgan fingerprint density at radius 1 is 1.29 bits per heavy atom. The fourth-order valence-corrected chi connectivity index (χ4v) is 4.82. The number of benzene rings is 1. The number of anilines is 2. The van der Waals surface area contributed by atoms with Crippen molar-refractivity contribution < 1.29 is 17.9 Å². The maximum atomic E-state index is 12.5. The lowest BCUT2D eigenvalue weighted by molar-refractivity contribution is 0.0105. The number of rotatable bonds is 6. The summed E-state index contributed by atoms with van der Waals surface area (Å²) in [5.74, 6) is 0.596. The van der Waals surface area contributed by atoms with Crippen molar-refractivity contribution in [2.75, 3.05) is 24.7 Å². The van der Waals surface area contributed by atoms with E-state index in [4.69, 9.17) is 9.84 Å². The Hall–Kier alpha value is -3.32. The van der Waals surface area contributed by atoms with E-state index in [0.717, 1.165) is 11.3 Å². The molecule has 2 heterocycles. The van der Waals surface area contributed by atoms with Crippen molar-refractivity contribution in [3.63, 3.8) is 0 Å². The summed E-state index contributed by atoms with van der Waals surface area (Å²) in [5, 5.41) is 17.7. The summed E-state index contributed by atoms with van der Waals surface area (Å²) in [6.07, 6.45) is 3.86. The highest BCUT2D eigenvalue weighted by atomic mass is 32.2. The van der Waals surface area contributed by atoms with Gasteiger partial charge in [0.15, 0.2) is 15.7 Å². The van der Waals surface area contributed by atoms with Crippen molar-refractivity contribution >= 4 is 33.5 Å². The third-order valence-corrected chi connectivity index (χ3v) is 7.24. The average Bonchev–Trinajstić information content (AvgIpc) is 3.08. The maximum absolute atomic E-state index is 12.5. The van der Waals surface area contributed by atoms with Gasteiger partial charge in [-0.1, -0.05) is 6.58 Å². The molecule has 0 unspecified atom stereocenters. The lowest BCUT2D eigenvalue weighted by Gasteiger charge is -2.41. The van der Waals surface area contributed by atoms with E-state index >= 15 is 0 Å². The molecule has 1 aromatic heterocycles. The standard InChI is InChI=1S/C25H33N5O4S/c1-7-21-18(2)22(27-19-8-10-20(11-9-19)35(6,32)33)28-30(21)25(12-15-26)13-16-29(17-14-25)23(31)34-24(3,4)5/h7-11H,1,12-14,16-17H2,2-6H3,(H,27,28). The zero-order chi connectivity index (χ0) is 26.0. The van der Waals surface area contributed by atoms with Crippen molar-refractivity contribution in [1.29, 1.82) is 5.26 Å². The van der Waals surface area contributed by atoms with Crippen LogP contribution in [-0.4, -0.2) is 54.1 Å². The van der Waals surface area contributed by atoms with Crippen molar-refractivity contribution in [1.82, 2.24) is 14.7 Å². The molecule has 1 saturated heterocycles. The summed E-state index contributed by atoms with van der Waals surface area (Å²) in [4.78, 5) is 14.5. The Morgan fingerprint density at radius 2 is 1.89 bits per heavy atom. The summed E-state index contributed by atoms with van der Waals surface area (Å²) in [6.45, 7) is 12.3. The number of nitrogens with one attached hydrogen (secondary N) is 1. The van der Waals surface area contributed by atoms with E-state index in [0.29, 0.717) is 37.4 Å². The molecule has 1 aliphatic rings. The van der Waals surface area contributed by atoms with Gasteiger partial charge in [0.1, 0.15) is 5.60 Å². The average molecular weight is 500 g/mol. The number of carbonyl (C=O) groups is 1. The molecule has 0 radical (unpaired) electrons. The maximum Gasteiger partial charge on any atom is 0.410 e. The molecule has 1 fully saturated rings. The number of aromatic nitrogens is 2. The molecule has 1 N–H and O–H groups in total. The lowest BCUT2D eigenvalue weighted by atomic mass is 9.84. The first-order valence-corrected chi connectivity index (χ1v) is 13.3. The zero-order valence-corrected chi connectivity index (χ0v) is 21.8. The van der Waals surface area contributed by atoms with Crippen LogP contribution in [0.4, 0.5) is 16.3 Å². The van der Waals surface area contributed by atoms with Crippen LogP contribution in [0.1, 0.15) is 51.3 Å². The van der Waals surface area contributed by atoms with Crippen LogP contribution < -0.4 is 5.32 Å². The van der Waals surface area contributed by atoms with Gasteiger partial charge < -0.3 is 15.0 Å². The molecule has 35 heavy (non-hydrogen) atoms. The second kappa shape index (κ2) is 9.74. The van der Waals surface area contributed by atoms with Crippen LogP contribution >= 0.6 is 0 Å². The number of hydrogen-bond acceptors (Lipinski definition) is 7. The number of likely N-dealkylation sites (tertiary alicyclic amines) is 1. The van der Waals surface area contributed by atoms with Crippen molar-refractivity contribution in [3.8, 4) is 6.07 Å². The minimum atomic E-state index is -3.29. The summed E-state index contributed by atoms with van der Waals surface area (Å²) in [7, 11) is -3.29. The lowest BCUT2D eigenvalue weighted by Crippen LogP contribution is -2.49. The van der Waals surface area contributed by atoms with Crippen LogP contribution in [0.3, 0.4) is 0 Å². The Bertz CT molecular complexity index is 1240. The third-order valence-electron chi connectivity index (χ3n) is 6.11. The molecule has 9 nitrogen and oxygen atoms in total. The molecule has 0 bridgehead atoms. The van der Waals surface area contributed by atoms with Gasteiger partial charge in [-0.3, -0.25) is 4.68 Å². The van der Waals surface area contributed by atoms with Crippen LogP contribution in [0, 0.1) is 18.3 Å². The van der Waals surface area contributed by atoms with Gasteiger partial charge >= 0.3 is 6.09 Å². The van der Waals surface area contributed by atoms with E-state index in [2.05, 4.69) is 18.0 Å². The topological polar surface area (TPSA) is 117 Å². The molecule has 3 rings (SSSR count). The molecule has 1 aliphatic heterocycles. The molecule has 2 aromatic rings. The van der Waals surface area contributed by atoms with E-state index < -0.39 is 21.0 Å². The second-order valence-corrected chi connectivity index (χ2v) is 11.9. The van der Waals surface area contributed by atoms with E-state index in [1.54, 1.807) is 35.2 Å². The minimum absolute atomic E-state index is 0.236. The van der Waals surface area contributed by atoms with Crippen molar-refractivity contribution in [2.24, 2.45) is 0 Å². The smallest absolute Gasteiger partial charge is 0.410 e. The Morgan fingerprint density at radius 3 is 2.37 bits per heavy atom. The van der Waals surface area contributed by atoms with Gasteiger partial charge in [-0.05, 0) is 70.9 Å². The summed E-state index contributed by atoms with van der Waals surface area (Å²) in [6, 6.07) is 8.76. The number of nitrogens with zero attached hydrogens (tertiary/aromatic N) is 4. The number of sulfone groups is 1. The molecular formula is C25H33N5O4S. The largest absolute Gasteiger partial charge is 0.444 e. The van der Waals surface area contributed by atoms with Gasteiger partial charge in [0.25, 0.3) is 0 Å². The summed E-state index contributed by atoms with van der Waals surface area (Å²) < 4.78 is 30.9. The third kappa shape index (κ3) is 5.85. The molecule has 0 saturated carbocycles. The highest BCUT2D eigenvalue weighted by Crippen LogP contribution is 2.37. The van der Waals surface area contributed by atoms with Crippen LogP contribution in [0.25, 0.3) is 6.08 Å². The highest BCUT2D eigenvalue weighted by molar-refractivity contribution is 7.90. The van der Waals surface area contributed by atoms with Gasteiger partial charge in [-0.2, -0.15) is 10.4 Å². The monoisotopic (exact) mass is 499 g/mol. The first-order chi connectivity index (χ1) is 16.3. The van der Waals surface area contributed by atoms with E-state index in [9.17, 15) is 18.5 Å². The Labute approximate surface area is 207 Å². The van der Waals surface area contributed by atoms with Crippen molar-refractivity contribution in [2.45, 2.75) is 63.0 Å². The fraction of sp³-hybridized carbons (Fsp3) is 0.480. The number of ether oxygens (including phenoxy) is 1. The van der Waals surface area contributed by atoms with E-state index in [1.165, 1.54) is 6.26 Å². The first-order valence-electron chi connectivity index (χ1n) is 11.4. The molecule has 0 spiro atoms. The van der Waals surface area contributed by atoms with Crippen LogP contribution in [-0.2, 0) is 20.1 Å². The minimum Gasteiger partial charge on any atom is -0.444 e. The SMILES string of the molecule is C=Cc1c(C)c(Nc2ccc(S(C)(=O)=O)cc2)nn1C1(CC#N)CCN(C(=O)OC(C)(C)C)CC1. The van der Waals surface area contributed by atoms with E-state index in [1.807, 2.05) is 32.4 Å². The molecular weight excluding hydrogens is 466 g/mol. The molecule has 10 heteroatoms. The molecule has 1 aromatic carbocycles. The number of hydrogen-bond donors (Lipinski definition) is 1. The normalized spacial score (nSPS) is 15.8. The molecule has 0 aliphatic carbocycles. The predicted molar refractivity (Wildman–Crippen MR) is 135 cm³/mol. The van der Waals surface area contributed by atoms with Gasteiger partial charge in [-0.25, -0.2) is 13.2 Å². The van der Waals surface area contributed by atoms with Gasteiger partial charge in [0, 0.05) is 30.6 Å². The van der Waals surface area contributed by atoms with Gasteiger partial charge in [0.2, 0.25) is 0 Å². The highest BCUT2D eigenvalue weighted by Gasteiger charge is 2.41. The zero-order valence-electron chi connectivity index (χ0n) is 21.0. The number of amides is 1. The molecule has 188 valence electrons. The quantitative estimate of drug-likeness (QED) is 0.616. The number of piperidine rings is 1. The van der Waals surface area contributed by atoms with Gasteiger partial charge in [0.05, 0.1) is 28.6 Å². The van der Waals surface area contributed by atoms with Crippen LogP contribution in [0.2, 0.25) is 0 Å². The Kier molecular flexibility index (Phi) is 7.31. The number of carbonyl (C=O) groups excluding carboxylic acids is 1. The predicted octanol–water partition coefficient (Wildman–Crippen LogP) is 4.62. The summed E-state index contributed by atoms with van der Waals surface area (Å²) in [5.41, 5.74) is 1.17. The summed E-state index contributed by atoms with van der Waals surface area (Å²) >= 11 is 0. The first kappa shape index (κ1) is 26.3. The second-order valence-electron chi connectivity index (χ2n) is 9.92. The Balaban J connectivity index is 1.88. The number of nitriles is 1.